The van der Waals surface area contributed by atoms with E-state index in [0.29, 0.717) is 17.4 Å². The van der Waals surface area contributed by atoms with E-state index in [0.717, 1.165) is 70.6 Å². The van der Waals surface area contributed by atoms with Gasteiger partial charge in [-0.25, -0.2) is 4.57 Å². The van der Waals surface area contributed by atoms with Crippen molar-refractivity contribution in [3.05, 3.63) is 60.8 Å². The van der Waals surface area contributed by atoms with Gasteiger partial charge in [-0.2, -0.15) is 0 Å². The number of unbranched alkanes of at least 4 members (excludes halogenated alkanes) is 31. The molecule has 0 fully saturated rings. The number of esters is 2. The van der Waals surface area contributed by atoms with Crippen LogP contribution in [0.2, 0.25) is 0 Å². The van der Waals surface area contributed by atoms with E-state index < -0.39 is 26.5 Å². The second kappa shape index (κ2) is 53.5. The lowest BCUT2D eigenvalue weighted by Crippen LogP contribution is -2.37. The second-order valence-electron chi connectivity index (χ2n) is 21.4. The number of nitrogens with zero attached hydrogens (tertiary/aromatic N) is 1. The van der Waals surface area contributed by atoms with Crippen LogP contribution in [0.3, 0.4) is 0 Å². The lowest BCUT2D eigenvalue weighted by atomic mass is 10.0. The summed E-state index contributed by atoms with van der Waals surface area (Å²) < 4.78 is 34.5. The number of likely N-dealkylation sites (N-methyl/N-ethyl adjacent to an activating group) is 1. The Bertz CT molecular complexity index is 1400. The Morgan fingerprint density at radius 1 is 0.431 bits per heavy atom. The molecule has 0 amide bonds. The number of hydrogen-bond donors (Lipinski definition) is 1. The Labute approximate surface area is 445 Å². The predicted molar refractivity (Wildman–Crippen MR) is 307 cm³/mol. The van der Waals surface area contributed by atoms with Crippen molar-refractivity contribution in [2.24, 2.45) is 0 Å². The summed E-state index contributed by atoms with van der Waals surface area (Å²) >= 11 is 0. The van der Waals surface area contributed by atoms with Crippen LogP contribution in [0, 0.1) is 0 Å². The molecule has 0 aliphatic rings. The summed E-state index contributed by atoms with van der Waals surface area (Å²) in [7, 11) is 1.47. The number of rotatable bonds is 55. The van der Waals surface area contributed by atoms with Gasteiger partial charge in [-0.05, 0) is 83.5 Å². The maximum atomic E-state index is 12.8. The van der Waals surface area contributed by atoms with Crippen molar-refractivity contribution in [1.82, 2.24) is 0 Å². The molecule has 0 aromatic carbocycles. The molecule has 0 radical (unpaired) electrons. The van der Waals surface area contributed by atoms with Gasteiger partial charge >= 0.3 is 19.8 Å². The Kier molecular flexibility index (Phi) is 51.8. The van der Waals surface area contributed by atoms with Gasteiger partial charge in [0.2, 0.25) is 0 Å². The van der Waals surface area contributed by atoms with Crippen LogP contribution in [0.4, 0.5) is 0 Å². The third-order valence-electron chi connectivity index (χ3n) is 13.0. The van der Waals surface area contributed by atoms with Crippen LogP contribution in [0.1, 0.15) is 271 Å². The average molecular weight is 1030 g/mol. The van der Waals surface area contributed by atoms with Crippen LogP contribution >= 0.6 is 7.82 Å². The zero-order chi connectivity index (χ0) is 52.7. The fourth-order valence-electron chi connectivity index (χ4n) is 8.35. The van der Waals surface area contributed by atoms with Gasteiger partial charge in [0, 0.05) is 12.8 Å². The number of phosphoric ester groups is 1. The topological polar surface area (TPSA) is 108 Å². The van der Waals surface area contributed by atoms with Gasteiger partial charge in [-0.15, -0.1) is 0 Å². The first-order valence-electron chi connectivity index (χ1n) is 30.0. The number of allylic oxidation sites excluding steroid dienone is 10. The quantitative estimate of drug-likeness (QED) is 0.0211. The molecule has 10 heteroatoms. The molecule has 0 spiro atoms. The summed E-state index contributed by atoms with van der Waals surface area (Å²) in [5, 5.41) is 0. The Balaban J connectivity index is 4.04. The molecule has 9 nitrogen and oxygen atoms in total. The van der Waals surface area contributed by atoms with Crippen molar-refractivity contribution in [3.63, 3.8) is 0 Å². The van der Waals surface area contributed by atoms with Crippen LogP contribution in [-0.4, -0.2) is 74.9 Å². The van der Waals surface area contributed by atoms with Gasteiger partial charge < -0.3 is 18.9 Å². The van der Waals surface area contributed by atoms with Crippen molar-refractivity contribution >= 4 is 19.8 Å². The molecule has 0 bridgehead atoms. The van der Waals surface area contributed by atoms with Crippen molar-refractivity contribution < 1.29 is 42.1 Å². The maximum Gasteiger partial charge on any atom is 0.472 e. The van der Waals surface area contributed by atoms with Crippen LogP contribution in [-0.2, 0) is 32.7 Å². The molecule has 2 unspecified atom stereocenters. The van der Waals surface area contributed by atoms with Crippen LogP contribution < -0.4 is 0 Å². The minimum atomic E-state index is -4.39. The van der Waals surface area contributed by atoms with E-state index in [2.05, 4.69) is 74.6 Å². The lowest BCUT2D eigenvalue weighted by molar-refractivity contribution is -0.870. The molecule has 72 heavy (non-hydrogen) atoms. The number of hydrogen-bond acceptors (Lipinski definition) is 7. The zero-order valence-electron chi connectivity index (χ0n) is 47.7. The third-order valence-corrected chi connectivity index (χ3v) is 14.0. The van der Waals surface area contributed by atoms with Crippen molar-refractivity contribution in [3.8, 4) is 0 Å². The first-order valence-corrected chi connectivity index (χ1v) is 31.5. The number of carbonyl (C=O) groups is 2. The summed E-state index contributed by atoms with van der Waals surface area (Å²) in [6.07, 6.45) is 68.7. The molecule has 0 aliphatic heterocycles. The number of quaternary nitrogens is 1. The number of ether oxygens (including phenoxy) is 2. The van der Waals surface area contributed by atoms with Crippen molar-refractivity contribution in [2.75, 3.05) is 47.5 Å². The highest BCUT2D eigenvalue weighted by Crippen LogP contribution is 2.43. The summed E-state index contributed by atoms with van der Waals surface area (Å²) in [6, 6.07) is 0. The number of carbonyl (C=O) groups excluding carboxylic acids is 2. The second-order valence-corrected chi connectivity index (χ2v) is 22.8. The summed E-state index contributed by atoms with van der Waals surface area (Å²) in [5.74, 6) is -0.807. The van der Waals surface area contributed by atoms with Gasteiger partial charge in [-0.1, -0.05) is 235 Å². The minimum absolute atomic E-state index is 0.0289. The molecule has 0 rings (SSSR count). The van der Waals surface area contributed by atoms with E-state index in [4.69, 9.17) is 18.5 Å². The largest absolute Gasteiger partial charge is 0.472 e. The molecular formula is C62H115NO8P+. The van der Waals surface area contributed by atoms with Gasteiger partial charge in [0.1, 0.15) is 19.8 Å². The summed E-state index contributed by atoms with van der Waals surface area (Å²) in [4.78, 5) is 35.6. The van der Waals surface area contributed by atoms with Crippen LogP contribution in [0.15, 0.2) is 60.8 Å². The summed E-state index contributed by atoms with van der Waals surface area (Å²) in [6.45, 7) is 4.40. The number of phosphoric acid groups is 1. The Morgan fingerprint density at radius 3 is 1.14 bits per heavy atom. The standard InChI is InChI=1S/C62H114NO8P/c1-6-8-10-12-14-16-18-20-22-23-24-25-26-27-28-29-30-31-32-33-34-35-36-37-38-39-41-43-45-47-49-51-53-55-62(65)71-60(59-70-72(66,67)69-57-56-63(3,4)5)58-68-61(64)54-52-50-48-46-44-42-40-21-19-17-15-13-11-9-7-2/h15,17-18,20-21,23-24,26-27,40,60H,6-14,16,19,22,25,28-39,41-59H2,1-5H3/p+1/b17-15-,20-18-,24-23-,27-26-,40-21-. The van der Waals surface area contributed by atoms with E-state index in [-0.39, 0.29) is 32.0 Å². The molecule has 2 atom stereocenters. The molecule has 0 saturated heterocycles. The molecule has 1 N–H and O–H groups in total. The maximum absolute atomic E-state index is 12.8. The van der Waals surface area contributed by atoms with E-state index in [9.17, 15) is 19.0 Å². The normalized spacial score (nSPS) is 13.7. The van der Waals surface area contributed by atoms with E-state index in [1.54, 1.807) is 0 Å². The smallest absolute Gasteiger partial charge is 0.462 e. The highest BCUT2D eigenvalue weighted by Gasteiger charge is 2.27. The SMILES string of the molecule is CCCCC/C=C\C/C=C\CCCCCCCC(=O)OCC(COP(=O)(O)OCC[N+](C)(C)C)OC(=O)CCCCCCCCCCCCCCCCCCCC/C=C\C/C=C\C/C=C\CCCCCCC. The molecule has 0 aromatic heterocycles. The average Bonchev–Trinajstić information content (AvgIpc) is 3.34. The highest BCUT2D eigenvalue weighted by molar-refractivity contribution is 7.47. The molecule has 0 aliphatic carbocycles. The summed E-state index contributed by atoms with van der Waals surface area (Å²) in [5.41, 5.74) is 0. The molecular weight excluding hydrogens is 918 g/mol. The molecule has 0 aromatic rings. The minimum Gasteiger partial charge on any atom is -0.462 e. The molecule has 420 valence electrons. The first kappa shape index (κ1) is 69.7. The van der Waals surface area contributed by atoms with E-state index in [1.165, 1.54) is 167 Å². The first-order chi connectivity index (χ1) is 35.0. The fourth-order valence-corrected chi connectivity index (χ4v) is 9.09. The molecule has 0 saturated carbocycles. The van der Waals surface area contributed by atoms with Gasteiger partial charge in [0.05, 0.1) is 27.7 Å². The van der Waals surface area contributed by atoms with E-state index in [1.807, 2.05) is 21.1 Å². The highest BCUT2D eigenvalue weighted by atomic mass is 31.2. The third kappa shape index (κ3) is 57.0. The van der Waals surface area contributed by atoms with Gasteiger partial charge in [0.15, 0.2) is 6.10 Å². The predicted octanol–water partition coefficient (Wildman–Crippen LogP) is 18.7. The van der Waals surface area contributed by atoms with Gasteiger partial charge in [0.25, 0.3) is 0 Å². The Morgan fingerprint density at radius 2 is 0.750 bits per heavy atom. The van der Waals surface area contributed by atoms with E-state index >= 15 is 0 Å². The zero-order valence-corrected chi connectivity index (χ0v) is 48.6. The van der Waals surface area contributed by atoms with Crippen LogP contribution in [0.25, 0.3) is 0 Å². The lowest BCUT2D eigenvalue weighted by Gasteiger charge is -2.24. The molecule has 0 heterocycles. The van der Waals surface area contributed by atoms with Gasteiger partial charge in [-0.3, -0.25) is 18.6 Å². The van der Waals surface area contributed by atoms with Crippen molar-refractivity contribution in [2.45, 2.75) is 277 Å². The monoisotopic (exact) mass is 1030 g/mol. The van der Waals surface area contributed by atoms with Crippen molar-refractivity contribution in [1.29, 1.82) is 0 Å². The van der Waals surface area contributed by atoms with Crippen LogP contribution in [0.5, 0.6) is 0 Å². The Hall–Kier alpha value is -2.29. The fraction of sp³-hybridized carbons (Fsp3) is 0.806.